The molecule has 2 aliphatic heterocycles. The van der Waals surface area contributed by atoms with Crippen LogP contribution < -0.4 is 25.4 Å². The fraction of sp³-hybridized carbons (Fsp3) is 0.424. The number of aromatic nitrogens is 1. The summed E-state index contributed by atoms with van der Waals surface area (Å²) in [5.41, 5.74) is 1.40. The highest BCUT2D eigenvalue weighted by atomic mass is 19.1. The van der Waals surface area contributed by atoms with Gasteiger partial charge in [-0.15, -0.1) is 0 Å². The third kappa shape index (κ3) is 8.83. The average molecular weight is 638 g/mol. The second-order valence-corrected chi connectivity index (χ2v) is 11.3. The van der Waals surface area contributed by atoms with Crippen LogP contribution in [0.2, 0.25) is 0 Å². The van der Waals surface area contributed by atoms with Crippen molar-refractivity contribution in [1.29, 1.82) is 0 Å². The van der Waals surface area contributed by atoms with Gasteiger partial charge < -0.3 is 34.8 Å². The molecule has 4 amide bonds. The number of halogens is 1. The molecule has 0 saturated heterocycles. The molecule has 12 nitrogen and oxygen atoms in total. The van der Waals surface area contributed by atoms with Crippen molar-refractivity contribution >= 4 is 23.6 Å². The Morgan fingerprint density at radius 2 is 1.85 bits per heavy atom. The van der Waals surface area contributed by atoms with E-state index < -0.39 is 23.7 Å². The van der Waals surface area contributed by atoms with E-state index in [0.29, 0.717) is 36.3 Å². The van der Waals surface area contributed by atoms with Crippen LogP contribution in [0, 0.1) is 5.82 Å². The van der Waals surface area contributed by atoms with Gasteiger partial charge >= 0.3 is 0 Å². The third-order valence-electron chi connectivity index (χ3n) is 7.51. The molecule has 0 aliphatic carbocycles. The summed E-state index contributed by atoms with van der Waals surface area (Å²) in [4.78, 5) is 53.5. The van der Waals surface area contributed by atoms with Crippen LogP contribution in [0.15, 0.2) is 47.0 Å². The minimum absolute atomic E-state index is 0.0264. The van der Waals surface area contributed by atoms with Crippen molar-refractivity contribution in [3.05, 3.63) is 70.9 Å². The van der Waals surface area contributed by atoms with Crippen LogP contribution in [0.25, 0.3) is 0 Å². The number of methoxy groups -OCH3 is 1. The molecule has 2 aromatic carbocycles. The molecular weight excluding hydrogens is 597 g/mol. The Morgan fingerprint density at radius 3 is 2.54 bits per heavy atom. The summed E-state index contributed by atoms with van der Waals surface area (Å²) < 4.78 is 31.5. The van der Waals surface area contributed by atoms with Crippen molar-refractivity contribution in [1.82, 2.24) is 26.0 Å². The topological polar surface area (TPSA) is 152 Å². The molecule has 0 saturated carbocycles. The van der Waals surface area contributed by atoms with Gasteiger partial charge in [0.15, 0.2) is 23.1 Å². The highest BCUT2D eigenvalue weighted by Gasteiger charge is 2.23. The predicted molar refractivity (Wildman–Crippen MR) is 166 cm³/mol. The van der Waals surface area contributed by atoms with E-state index in [1.54, 1.807) is 36.1 Å². The van der Waals surface area contributed by atoms with E-state index in [2.05, 4.69) is 21.1 Å². The number of amides is 4. The Kier molecular flexibility index (Phi) is 11.7. The molecule has 3 N–H and O–H groups in total. The van der Waals surface area contributed by atoms with Gasteiger partial charge in [0, 0.05) is 44.2 Å². The van der Waals surface area contributed by atoms with E-state index in [0.717, 1.165) is 0 Å². The first-order valence-corrected chi connectivity index (χ1v) is 15.3. The molecule has 0 unspecified atom stereocenters. The maximum Gasteiger partial charge on any atom is 0.292 e. The maximum absolute atomic E-state index is 15.0. The Bertz CT molecular complexity index is 1560. The standard InChI is InChI=1S/C33H40FN5O7/c1-5-24-32(42)36-19-21-9-11-26(23(34)16-21)45-28-17-22(10-12-27(28)44-4)31(41)35-13-7-15-39(14-6-8-30(40)37-24)33(43)29-18-25(20(2)3)38-46-29/h9-12,16-18,20,24H,5-8,13-15,19H2,1-4H3,(H,35,41)(H,36,42)(H,37,40)/t24-/m0/s1. The van der Waals surface area contributed by atoms with E-state index in [-0.39, 0.29) is 73.2 Å². The third-order valence-corrected chi connectivity index (χ3v) is 7.51. The van der Waals surface area contributed by atoms with Crippen LogP contribution in [-0.2, 0) is 16.1 Å². The van der Waals surface area contributed by atoms with Gasteiger partial charge in [0.1, 0.15) is 6.04 Å². The van der Waals surface area contributed by atoms with Gasteiger partial charge in [-0.1, -0.05) is 32.0 Å². The summed E-state index contributed by atoms with van der Waals surface area (Å²) in [5, 5.41) is 12.3. The van der Waals surface area contributed by atoms with Gasteiger partial charge in [-0.05, 0) is 61.1 Å². The van der Waals surface area contributed by atoms with Crippen LogP contribution in [0.3, 0.4) is 0 Å². The lowest BCUT2D eigenvalue weighted by Crippen LogP contribution is -2.46. The lowest BCUT2D eigenvalue weighted by molar-refractivity contribution is -0.129. The molecule has 3 heterocycles. The molecule has 46 heavy (non-hydrogen) atoms. The Labute approximate surface area is 267 Å². The Balaban J connectivity index is 1.56. The summed E-state index contributed by atoms with van der Waals surface area (Å²) in [6.07, 6.45) is 1.15. The van der Waals surface area contributed by atoms with E-state index in [1.807, 2.05) is 13.8 Å². The van der Waals surface area contributed by atoms with Crippen LogP contribution in [0.1, 0.15) is 84.5 Å². The van der Waals surface area contributed by atoms with E-state index >= 15 is 4.39 Å². The number of nitrogens with zero attached hydrogens (tertiary/aromatic N) is 2. The molecule has 13 heteroatoms. The quantitative estimate of drug-likeness (QED) is 0.383. The van der Waals surface area contributed by atoms with Gasteiger partial charge in [-0.3, -0.25) is 19.2 Å². The Morgan fingerprint density at radius 1 is 1.07 bits per heavy atom. The monoisotopic (exact) mass is 637 g/mol. The van der Waals surface area contributed by atoms with E-state index in [4.69, 9.17) is 14.0 Å². The van der Waals surface area contributed by atoms with Gasteiger partial charge in [0.2, 0.25) is 17.6 Å². The number of benzene rings is 2. The summed E-state index contributed by atoms with van der Waals surface area (Å²) in [5.74, 6) is -1.69. The zero-order chi connectivity index (χ0) is 33.2. The van der Waals surface area contributed by atoms with Gasteiger partial charge in [-0.25, -0.2) is 4.39 Å². The average Bonchev–Trinajstić information content (AvgIpc) is 3.55. The highest BCUT2D eigenvalue weighted by molar-refractivity contribution is 5.95. The van der Waals surface area contributed by atoms with Gasteiger partial charge in [0.25, 0.3) is 11.8 Å². The summed E-state index contributed by atoms with van der Waals surface area (Å²) in [7, 11) is 1.43. The first-order valence-electron chi connectivity index (χ1n) is 15.3. The van der Waals surface area contributed by atoms with Gasteiger partial charge in [0.05, 0.1) is 12.8 Å². The molecular formula is C33H40FN5O7. The molecule has 0 radical (unpaired) electrons. The number of carbonyl (C=O) groups is 4. The molecule has 5 rings (SSSR count). The SMILES string of the molecule is CC[C@@H]1NC(=O)CCCN(C(=O)c2cc(C(C)C)no2)CCCNC(=O)c2ccc(OC)c(c2)Oc2ccc(cc2F)CNC1=O. The van der Waals surface area contributed by atoms with Crippen LogP contribution in [0.5, 0.6) is 17.2 Å². The minimum Gasteiger partial charge on any atom is -0.493 e. The second kappa shape index (κ2) is 15.9. The zero-order valence-corrected chi connectivity index (χ0v) is 26.5. The maximum atomic E-state index is 15.0. The second-order valence-electron chi connectivity index (χ2n) is 11.3. The molecule has 246 valence electrons. The van der Waals surface area contributed by atoms with Crippen molar-refractivity contribution in [3.63, 3.8) is 0 Å². The smallest absolute Gasteiger partial charge is 0.292 e. The highest BCUT2D eigenvalue weighted by Crippen LogP contribution is 2.34. The summed E-state index contributed by atoms with van der Waals surface area (Å²) >= 11 is 0. The van der Waals surface area contributed by atoms with E-state index in [9.17, 15) is 19.2 Å². The number of ether oxygens (including phenoxy) is 2. The van der Waals surface area contributed by atoms with E-state index in [1.165, 1.54) is 25.3 Å². The molecule has 1 atom stereocenters. The number of carbonyl (C=O) groups excluding carboxylic acids is 4. The first kappa shape index (κ1) is 33.9. The van der Waals surface area contributed by atoms with Crippen molar-refractivity contribution in [2.24, 2.45) is 0 Å². The van der Waals surface area contributed by atoms with Crippen molar-refractivity contribution < 1.29 is 37.6 Å². The van der Waals surface area contributed by atoms with Crippen LogP contribution >= 0.6 is 0 Å². The number of fused-ring (bicyclic) bond motifs is 16. The molecule has 0 fully saturated rings. The lowest BCUT2D eigenvalue weighted by Gasteiger charge is -2.22. The summed E-state index contributed by atoms with van der Waals surface area (Å²) in [6.45, 7) is 6.42. The predicted octanol–water partition coefficient (Wildman–Crippen LogP) is 4.31. The van der Waals surface area contributed by atoms with Gasteiger partial charge in [-0.2, -0.15) is 0 Å². The normalized spacial score (nSPS) is 17.1. The molecule has 2 aliphatic rings. The number of rotatable bonds is 4. The fourth-order valence-electron chi connectivity index (χ4n) is 4.82. The minimum atomic E-state index is -0.786. The molecule has 1 aromatic heterocycles. The van der Waals surface area contributed by atoms with Crippen LogP contribution in [0.4, 0.5) is 4.39 Å². The van der Waals surface area contributed by atoms with Crippen molar-refractivity contribution in [2.75, 3.05) is 26.7 Å². The van der Waals surface area contributed by atoms with Crippen molar-refractivity contribution in [3.8, 4) is 17.2 Å². The fourth-order valence-corrected chi connectivity index (χ4v) is 4.82. The molecule has 4 bridgehead atoms. The molecule has 0 spiro atoms. The molecule has 3 aromatic rings. The van der Waals surface area contributed by atoms with Crippen LogP contribution in [-0.4, -0.2) is 66.5 Å². The first-order chi connectivity index (χ1) is 22.1. The zero-order valence-electron chi connectivity index (χ0n) is 26.5. The van der Waals surface area contributed by atoms with Crippen molar-refractivity contribution in [2.45, 2.75) is 65.0 Å². The largest absolute Gasteiger partial charge is 0.493 e. The summed E-state index contributed by atoms with van der Waals surface area (Å²) in [6, 6.07) is 9.66. The lowest BCUT2D eigenvalue weighted by atomic mass is 10.1. The number of nitrogens with one attached hydrogen (secondary N) is 3. The Hall–Kier alpha value is -4.94. The number of hydrogen-bond donors (Lipinski definition) is 3. The number of hydrogen-bond acceptors (Lipinski definition) is 8.